The van der Waals surface area contributed by atoms with E-state index in [1.807, 2.05) is 6.92 Å². The summed E-state index contributed by atoms with van der Waals surface area (Å²) >= 11 is 0. The summed E-state index contributed by atoms with van der Waals surface area (Å²) in [5, 5.41) is 0. The van der Waals surface area contributed by atoms with Crippen molar-refractivity contribution in [2.75, 3.05) is 6.54 Å². The van der Waals surface area contributed by atoms with Crippen LogP contribution in [0, 0.1) is 0 Å². The van der Waals surface area contributed by atoms with Crippen molar-refractivity contribution in [3.8, 4) is 0 Å². The second-order valence-electron chi connectivity index (χ2n) is 4.91. The normalized spacial score (nSPS) is 11.5. The van der Waals surface area contributed by atoms with Gasteiger partial charge in [0.25, 0.3) is 0 Å². The van der Waals surface area contributed by atoms with Crippen LogP contribution in [0.1, 0.15) is 47.5 Å². The topological polar surface area (TPSA) is 3.24 Å². The maximum absolute atomic E-state index is 4.02. The third kappa shape index (κ3) is 5.78. The molecule has 0 unspecified atom stereocenters. The summed E-state index contributed by atoms with van der Waals surface area (Å²) in [6, 6.07) is 1.26. The highest BCUT2D eigenvalue weighted by atomic mass is 15.2. The van der Waals surface area contributed by atoms with E-state index in [1.54, 1.807) is 0 Å². The monoisotopic (exact) mass is 209 g/mol. The first-order chi connectivity index (χ1) is 6.86. The van der Waals surface area contributed by atoms with Crippen LogP contribution in [0.4, 0.5) is 0 Å². The Labute approximate surface area is 95.9 Å². The van der Waals surface area contributed by atoms with E-state index in [-0.39, 0.29) is 0 Å². The average Bonchev–Trinajstić information content (AvgIpc) is 2.10. The Morgan fingerprint density at radius 2 is 1.53 bits per heavy atom. The first kappa shape index (κ1) is 14.4. The molecule has 0 aliphatic carbocycles. The smallest absolute Gasteiger partial charge is 0.00412 e. The standard InChI is InChI=1S/C14H27N/c1-11(2)14(7)9-8-10-15(12(3)4)13(5)6/h12-13H,1,7-10H2,2-6H3. The Morgan fingerprint density at radius 1 is 1.07 bits per heavy atom. The molecule has 0 bridgehead atoms. The summed E-state index contributed by atoms with van der Waals surface area (Å²) in [5.41, 5.74) is 2.32. The van der Waals surface area contributed by atoms with E-state index < -0.39 is 0 Å². The minimum atomic E-state index is 0.628. The van der Waals surface area contributed by atoms with Crippen molar-refractivity contribution in [3.63, 3.8) is 0 Å². The van der Waals surface area contributed by atoms with Crippen molar-refractivity contribution in [2.24, 2.45) is 0 Å². The van der Waals surface area contributed by atoms with Crippen LogP contribution in [0.5, 0.6) is 0 Å². The van der Waals surface area contributed by atoms with E-state index in [0.717, 1.165) is 18.5 Å². The van der Waals surface area contributed by atoms with E-state index in [9.17, 15) is 0 Å². The fraction of sp³-hybridized carbons (Fsp3) is 0.714. The zero-order valence-corrected chi connectivity index (χ0v) is 11.1. The number of hydrogen-bond acceptors (Lipinski definition) is 1. The molecule has 0 rings (SSSR count). The first-order valence-corrected chi connectivity index (χ1v) is 5.95. The summed E-state index contributed by atoms with van der Waals surface area (Å²) in [7, 11) is 0. The van der Waals surface area contributed by atoms with Crippen molar-refractivity contribution in [2.45, 2.75) is 59.5 Å². The van der Waals surface area contributed by atoms with Gasteiger partial charge < -0.3 is 0 Å². The molecule has 0 aliphatic heterocycles. The van der Waals surface area contributed by atoms with Gasteiger partial charge in [0.2, 0.25) is 0 Å². The van der Waals surface area contributed by atoms with Gasteiger partial charge in [-0.15, -0.1) is 0 Å². The minimum absolute atomic E-state index is 0.628. The molecule has 0 saturated heterocycles. The van der Waals surface area contributed by atoms with Crippen molar-refractivity contribution in [1.82, 2.24) is 4.90 Å². The highest BCUT2D eigenvalue weighted by Gasteiger charge is 2.12. The quantitative estimate of drug-likeness (QED) is 0.572. The Balaban J connectivity index is 3.92. The molecule has 1 heteroatoms. The Morgan fingerprint density at radius 3 is 1.87 bits per heavy atom. The van der Waals surface area contributed by atoms with Gasteiger partial charge in [-0.1, -0.05) is 24.3 Å². The van der Waals surface area contributed by atoms with Gasteiger partial charge in [-0.05, 0) is 54.0 Å². The zero-order chi connectivity index (χ0) is 12.0. The molecule has 0 aromatic heterocycles. The molecule has 88 valence electrons. The average molecular weight is 209 g/mol. The van der Waals surface area contributed by atoms with Crippen LogP contribution in [0.15, 0.2) is 24.3 Å². The number of nitrogens with zero attached hydrogens (tertiary/aromatic N) is 1. The molecule has 0 amide bonds. The molecule has 0 fully saturated rings. The lowest BCUT2D eigenvalue weighted by atomic mass is 10.1. The summed E-state index contributed by atoms with van der Waals surface area (Å²) < 4.78 is 0. The highest BCUT2D eigenvalue weighted by Crippen LogP contribution is 2.13. The van der Waals surface area contributed by atoms with E-state index in [4.69, 9.17) is 0 Å². The van der Waals surface area contributed by atoms with E-state index in [2.05, 4.69) is 45.8 Å². The van der Waals surface area contributed by atoms with Crippen LogP contribution in [0.25, 0.3) is 0 Å². The number of hydrogen-bond donors (Lipinski definition) is 0. The van der Waals surface area contributed by atoms with Crippen molar-refractivity contribution in [1.29, 1.82) is 0 Å². The van der Waals surface area contributed by atoms with E-state index in [1.165, 1.54) is 12.0 Å². The fourth-order valence-electron chi connectivity index (χ4n) is 1.80. The van der Waals surface area contributed by atoms with Gasteiger partial charge in [-0.3, -0.25) is 4.90 Å². The molecule has 0 saturated carbocycles. The van der Waals surface area contributed by atoms with Gasteiger partial charge in [0.05, 0.1) is 0 Å². The molecule has 0 spiro atoms. The second kappa shape index (κ2) is 6.84. The van der Waals surface area contributed by atoms with Crippen LogP contribution in [-0.2, 0) is 0 Å². The Bertz CT molecular complexity index is 205. The predicted molar refractivity (Wildman–Crippen MR) is 70.2 cm³/mol. The molecule has 0 heterocycles. The summed E-state index contributed by atoms with van der Waals surface area (Å²) in [6.07, 6.45) is 2.26. The van der Waals surface area contributed by atoms with Gasteiger partial charge in [-0.25, -0.2) is 0 Å². The van der Waals surface area contributed by atoms with Crippen molar-refractivity contribution < 1.29 is 0 Å². The molecule has 0 aromatic carbocycles. The molecule has 1 nitrogen and oxygen atoms in total. The lowest BCUT2D eigenvalue weighted by Gasteiger charge is -2.30. The molecule has 0 atom stereocenters. The van der Waals surface area contributed by atoms with Crippen LogP contribution < -0.4 is 0 Å². The van der Waals surface area contributed by atoms with Crippen molar-refractivity contribution >= 4 is 0 Å². The van der Waals surface area contributed by atoms with E-state index >= 15 is 0 Å². The SMILES string of the molecule is C=C(C)C(=C)CCCN(C(C)C)C(C)C. The number of allylic oxidation sites excluding steroid dienone is 2. The van der Waals surface area contributed by atoms with Gasteiger partial charge in [-0.2, -0.15) is 0 Å². The molecular formula is C14H27N. The lowest BCUT2D eigenvalue weighted by molar-refractivity contribution is 0.173. The van der Waals surface area contributed by atoms with Gasteiger partial charge in [0, 0.05) is 12.1 Å². The van der Waals surface area contributed by atoms with Crippen LogP contribution in [-0.4, -0.2) is 23.5 Å². The zero-order valence-electron chi connectivity index (χ0n) is 11.1. The van der Waals surface area contributed by atoms with Gasteiger partial charge in [0.1, 0.15) is 0 Å². The summed E-state index contributed by atoms with van der Waals surface area (Å²) in [4.78, 5) is 2.52. The largest absolute Gasteiger partial charge is 0.299 e. The molecule has 0 aromatic rings. The van der Waals surface area contributed by atoms with E-state index in [0.29, 0.717) is 12.1 Å². The molecular weight excluding hydrogens is 182 g/mol. The summed E-state index contributed by atoms with van der Waals surface area (Å²) in [5.74, 6) is 0. The number of rotatable bonds is 7. The maximum Gasteiger partial charge on any atom is 0.00412 e. The maximum atomic E-state index is 4.02. The molecule has 15 heavy (non-hydrogen) atoms. The highest BCUT2D eigenvalue weighted by molar-refractivity contribution is 5.22. The molecule has 0 radical (unpaired) electrons. The second-order valence-corrected chi connectivity index (χ2v) is 4.91. The Hall–Kier alpha value is -0.560. The molecule has 0 N–H and O–H groups in total. The Kier molecular flexibility index (Phi) is 6.58. The van der Waals surface area contributed by atoms with Gasteiger partial charge in [0.15, 0.2) is 0 Å². The minimum Gasteiger partial charge on any atom is -0.299 e. The lowest BCUT2D eigenvalue weighted by Crippen LogP contribution is -2.37. The fourth-order valence-corrected chi connectivity index (χ4v) is 1.80. The first-order valence-electron chi connectivity index (χ1n) is 5.95. The predicted octanol–water partition coefficient (Wildman–Crippen LogP) is 4.02. The van der Waals surface area contributed by atoms with Crippen molar-refractivity contribution in [3.05, 3.63) is 24.3 Å². The van der Waals surface area contributed by atoms with Crippen LogP contribution >= 0.6 is 0 Å². The third-order valence-corrected chi connectivity index (χ3v) is 2.83. The van der Waals surface area contributed by atoms with Crippen LogP contribution in [0.2, 0.25) is 0 Å². The molecule has 0 aliphatic rings. The third-order valence-electron chi connectivity index (χ3n) is 2.83. The van der Waals surface area contributed by atoms with Gasteiger partial charge >= 0.3 is 0 Å². The summed E-state index contributed by atoms with van der Waals surface area (Å²) in [6.45, 7) is 20.1. The van der Waals surface area contributed by atoms with Crippen LogP contribution in [0.3, 0.4) is 0 Å².